The lowest BCUT2D eigenvalue weighted by atomic mass is 9.96. The van der Waals surface area contributed by atoms with Crippen LogP contribution in [0.2, 0.25) is 0 Å². The third-order valence-electron chi connectivity index (χ3n) is 3.57. The molecule has 0 bridgehead atoms. The minimum atomic E-state index is -0.535. The molecule has 1 aliphatic carbocycles. The summed E-state index contributed by atoms with van der Waals surface area (Å²) in [5.74, 6) is 0.872. The van der Waals surface area contributed by atoms with E-state index in [0.29, 0.717) is 6.04 Å². The molecular formula is C16H23NO2S. The molecule has 1 aromatic rings. The third kappa shape index (κ3) is 4.53. The molecule has 0 heterocycles. The van der Waals surface area contributed by atoms with E-state index in [9.17, 15) is 4.79 Å². The summed E-state index contributed by atoms with van der Waals surface area (Å²) in [4.78, 5) is 13.2. The Bertz CT molecular complexity index is 433. The maximum atomic E-state index is 12.0. The van der Waals surface area contributed by atoms with Gasteiger partial charge in [0.05, 0.1) is 7.11 Å². The molecule has 0 amide bonds. The fraction of sp³-hybridized carbons (Fsp3) is 0.562. The van der Waals surface area contributed by atoms with Crippen molar-refractivity contribution in [3.8, 4) is 0 Å². The number of hydrogen-bond acceptors (Lipinski definition) is 4. The molecule has 0 aromatic heterocycles. The Morgan fingerprint density at radius 1 is 1.40 bits per heavy atom. The maximum Gasteiger partial charge on any atom is 0.325 e. The van der Waals surface area contributed by atoms with Crippen molar-refractivity contribution in [2.45, 2.75) is 49.1 Å². The Morgan fingerprint density at radius 2 is 2.10 bits per heavy atom. The summed E-state index contributed by atoms with van der Waals surface area (Å²) in [5.41, 5.74) is -0.535. The van der Waals surface area contributed by atoms with Crippen molar-refractivity contribution >= 4 is 17.7 Å². The van der Waals surface area contributed by atoms with Gasteiger partial charge < -0.3 is 4.74 Å². The molecule has 2 rings (SSSR count). The van der Waals surface area contributed by atoms with Crippen molar-refractivity contribution in [2.24, 2.45) is 0 Å². The molecule has 1 aromatic carbocycles. The number of methoxy groups -OCH3 is 1. The van der Waals surface area contributed by atoms with Gasteiger partial charge in [-0.05, 0) is 50.5 Å². The van der Waals surface area contributed by atoms with Gasteiger partial charge >= 0.3 is 5.97 Å². The quantitative estimate of drug-likeness (QED) is 0.454. The number of nitrogens with one attached hydrogen (secondary N) is 1. The average molecular weight is 293 g/mol. The largest absolute Gasteiger partial charge is 0.468 e. The van der Waals surface area contributed by atoms with Gasteiger partial charge in [-0.1, -0.05) is 18.2 Å². The van der Waals surface area contributed by atoms with Crippen LogP contribution in [0.15, 0.2) is 35.2 Å². The van der Waals surface area contributed by atoms with Crippen LogP contribution in [-0.2, 0) is 9.53 Å². The highest BCUT2D eigenvalue weighted by molar-refractivity contribution is 7.99. The highest BCUT2D eigenvalue weighted by atomic mass is 32.2. The van der Waals surface area contributed by atoms with Crippen molar-refractivity contribution in [3.63, 3.8) is 0 Å². The van der Waals surface area contributed by atoms with Gasteiger partial charge in [0, 0.05) is 10.9 Å². The first-order valence-electron chi connectivity index (χ1n) is 7.18. The van der Waals surface area contributed by atoms with Crippen LogP contribution in [0.3, 0.4) is 0 Å². The van der Waals surface area contributed by atoms with Crippen LogP contribution in [0.4, 0.5) is 0 Å². The number of thioether (sulfide) groups is 1. The number of benzene rings is 1. The van der Waals surface area contributed by atoms with E-state index in [0.717, 1.165) is 18.6 Å². The SMILES string of the molecule is COC(=O)C(C)(CCCSc1ccccc1)NC1CC1. The van der Waals surface area contributed by atoms with E-state index < -0.39 is 5.54 Å². The number of esters is 1. The molecule has 1 unspecified atom stereocenters. The van der Waals surface area contributed by atoms with Crippen molar-refractivity contribution in [2.75, 3.05) is 12.9 Å². The average Bonchev–Trinajstić information content (AvgIpc) is 3.27. The maximum absolute atomic E-state index is 12.0. The zero-order valence-electron chi connectivity index (χ0n) is 12.2. The van der Waals surface area contributed by atoms with Crippen LogP contribution < -0.4 is 5.32 Å². The van der Waals surface area contributed by atoms with Gasteiger partial charge in [-0.3, -0.25) is 10.1 Å². The first-order valence-corrected chi connectivity index (χ1v) is 8.16. The van der Waals surface area contributed by atoms with Gasteiger partial charge in [-0.25, -0.2) is 0 Å². The first kappa shape index (κ1) is 15.4. The summed E-state index contributed by atoms with van der Waals surface area (Å²) in [6.45, 7) is 1.96. The van der Waals surface area contributed by atoms with Crippen molar-refractivity contribution in [1.82, 2.24) is 5.32 Å². The third-order valence-corrected chi connectivity index (χ3v) is 4.67. The molecule has 1 N–H and O–H groups in total. The van der Waals surface area contributed by atoms with E-state index in [1.54, 1.807) is 0 Å². The minimum Gasteiger partial charge on any atom is -0.468 e. The van der Waals surface area contributed by atoms with Crippen LogP contribution in [-0.4, -0.2) is 30.4 Å². The van der Waals surface area contributed by atoms with E-state index >= 15 is 0 Å². The fourth-order valence-electron chi connectivity index (χ4n) is 2.27. The second kappa shape index (κ2) is 7.14. The predicted molar refractivity (Wildman–Crippen MR) is 83.0 cm³/mol. The molecule has 4 heteroatoms. The highest BCUT2D eigenvalue weighted by Crippen LogP contribution is 2.27. The summed E-state index contributed by atoms with van der Waals surface area (Å²) in [5, 5.41) is 3.43. The normalized spacial score (nSPS) is 17.5. The molecule has 0 aliphatic heterocycles. The Kier molecular flexibility index (Phi) is 5.49. The van der Waals surface area contributed by atoms with E-state index in [1.807, 2.05) is 24.8 Å². The predicted octanol–water partition coefficient (Wildman–Crippen LogP) is 3.24. The summed E-state index contributed by atoms with van der Waals surface area (Å²) in [7, 11) is 1.47. The topological polar surface area (TPSA) is 38.3 Å². The summed E-state index contributed by atoms with van der Waals surface area (Å²) in [6.07, 6.45) is 4.15. The molecule has 20 heavy (non-hydrogen) atoms. The van der Waals surface area contributed by atoms with Gasteiger partial charge in [0.2, 0.25) is 0 Å². The molecule has 0 radical (unpaired) electrons. The van der Waals surface area contributed by atoms with Gasteiger partial charge in [-0.2, -0.15) is 0 Å². The van der Waals surface area contributed by atoms with E-state index in [-0.39, 0.29) is 5.97 Å². The molecule has 0 spiro atoms. The molecule has 1 fully saturated rings. The lowest BCUT2D eigenvalue weighted by Crippen LogP contribution is -2.51. The Morgan fingerprint density at radius 3 is 2.70 bits per heavy atom. The molecule has 3 nitrogen and oxygen atoms in total. The first-order chi connectivity index (χ1) is 9.64. The van der Waals surface area contributed by atoms with Gasteiger partial charge in [-0.15, -0.1) is 11.8 Å². The molecule has 1 saturated carbocycles. The zero-order chi connectivity index (χ0) is 14.4. The molecule has 1 atom stereocenters. The van der Waals surface area contributed by atoms with Crippen LogP contribution in [0.5, 0.6) is 0 Å². The number of carbonyl (C=O) groups excluding carboxylic acids is 1. The van der Waals surface area contributed by atoms with Gasteiger partial charge in [0.15, 0.2) is 0 Å². The Hall–Kier alpha value is -1.00. The van der Waals surface area contributed by atoms with Crippen LogP contribution in [0, 0.1) is 0 Å². The van der Waals surface area contributed by atoms with Gasteiger partial charge in [0.1, 0.15) is 5.54 Å². The monoisotopic (exact) mass is 293 g/mol. The summed E-state index contributed by atoms with van der Waals surface area (Å²) in [6, 6.07) is 10.9. The summed E-state index contributed by atoms with van der Waals surface area (Å²) < 4.78 is 4.95. The standard InChI is InChI=1S/C16H23NO2S/c1-16(15(18)19-2,17-13-9-10-13)11-6-12-20-14-7-4-3-5-8-14/h3-5,7-8,13,17H,6,9-12H2,1-2H3. The molecular weight excluding hydrogens is 270 g/mol. The fourth-order valence-corrected chi connectivity index (χ4v) is 3.14. The highest BCUT2D eigenvalue weighted by Gasteiger charge is 2.38. The van der Waals surface area contributed by atoms with E-state index in [2.05, 4.69) is 29.6 Å². The number of rotatable bonds is 8. The lowest BCUT2D eigenvalue weighted by Gasteiger charge is -2.28. The van der Waals surface area contributed by atoms with Gasteiger partial charge in [0.25, 0.3) is 0 Å². The van der Waals surface area contributed by atoms with Crippen molar-refractivity contribution in [1.29, 1.82) is 0 Å². The van der Waals surface area contributed by atoms with Crippen molar-refractivity contribution in [3.05, 3.63) is 30.3 Å². The smallest absolute Gasteiger partial charge is 0.325 e. The minimum absolute atomic E-state index is 0.144. The number of carbonyl (C=O) groups is 1. The molecule has 1 aliphatic rings. The van der Waals surface area contributed by atoms with E-state index in [4.69, 9.17) is 4.74 Å². The zero-order valence-corrected chi connectivity index (χ0v) is 13.0. The van der Waals surface area contributed by atoms with E-state index in [1.165, 1.54) is 24.8 Å². The Balaban J connectivity index is 1.78. The lowest BCUT2D eigenvalue weighted by molar-refractivity contribution is -0.148. The molecule has 110 valence electrons. The number of hydrogen-bond donors (Lipinski definition) is 1. The molecule has 0 saturated heterocycles. The summed E-state index contributed by atoms with van der Waals surface area (Å²) >= 11 is 1.84. The van der Waals surface area contributed by atoms with Crippen LogP contribution >= 0.6 is 11.8 Å². The number of ether oxygens (including phenoxy) is 1. The van der Waals surface area contributed by atoms with Crippen LogP contribution in [0.25, 0.3) is 0 Å². The van der Waals surface area contributed by atoms with Crippen molar-refractivity contribution < 1.29 is 9.53 Å². The Labute approximate surface area is 125 Å². The second-order valence-corrected chi connectivity index (χ2v) is 6.68. The second-order valence-electron chi connectivity index (χ2n) is 5.51. The van der Waals surface area contributed by atoms with Crippen LogP contribution in [0.1, 0.15) is 32.6 Å².